The second-order valence-corrected chi connectivity index (χ2v) is 6.98. The van der Waals surface area contributed by atoms with Crippen LogP contribution in [0.25, 0.3) is 11.1 Å². The highest BCUT2D eigenvalue weighted by Gasteiger charge is 2.39. The molecule has 0 saturated heterocycles. The second-order valence-electron chi connectivity index (χ2n) is 6.98. The third-order valence-corrected chi connectivity index (χ3v) is 5.41. The largest absolute Gasteiger partial charge is 0.493 e. The molecule has 10 nitrogen and oxygen atoms in total. The Balaban J connectivity index is 1.83. The highest BCUT2D eigenvalue weighted by molar-refractivity contribution is 6.07. The van der Waals surface area contributed by atoms with E-state index < -0.39 is 5.97 Å². The van der Waals surface area contributed by atoms with E-state index in [1.165, 1.54) is 26.2 Å². The fourth-order valence-electron chi connectivity index (χ4n) is 4.04. The van der Waals surface area contributed by atoms with Crippen molar-refractivity contribution in [3.63, 3.8) is 0 Å². The van der Waals surface area contributed by atoms with Gasteiger partial charge in [-0.25, -0.2) is 0 Å². The molecular weight excluding hydrogens is 410 g/mol. The van der Waals surface area contributed by atoms with Crippen molar-refractivity contribution >= 4 is 11.9 Å². The molecule has 0 unspecified atom stereocenters. The number of hydrogen-bond acceptors (Lipinski definition) is 9. The molecule has 0 aliphatic carbocycles. The van der Waals surface area contributed by atoms with Crippen LogP contribution in [0.1, 0.15) is 15.9 Å². The van der Waals surface area contributed by atoms with Gasteiger partial charge in [0.25, 0.3) is 5.91 Å². The van der Waals surface area contributed by atoms with Crippen molar-refractivity contribution in [2.75, 3.05) is 41.5 Å². The van der Waals surface area contributed by atoms with Gasteiger partial charge in [0.1, 0.15) is 6.54 Å². The molecule has 1 amide bonds. The highest BCUT2D eigenvalue weighted by Crippen LogP contribution is 2.57. The maximum Gasteiger partial charge on any atom is 0.325 e. The summed E-state index contributed by atoms with van der Waals surface area (Å²) in [6.45, 7) is -0.134. The molecule has 5 rings (SSSR count). The third kappa shape index (κ3) is 2.78. The molecule has 2 aromatic carbocycles. The summed E-state index contributed by atoms with van der Waals surface area (Å²) in [4.78, 5) is 27.0. The van der Waals surface area contributed by atoms with E-state index in [1.54, 1.807) is 12.1 Å². The zero-order valence-corrected chi connectivity index (χ0v) is 17.1. The molecule has 162 valence electrons. The van der Waals surface area contributed by atoms with Crippen LogP contribution >= 0.6 is 0 Å². The van der Waals surface area contributed by atoms with Crippen molar-refractivity contribution in [2.24, 2.45) is 0 Å². The number of ether oxygens (including phenoxy) is 7. The van der Waals surface area contributed by atoms with Crippen molar-refractivity contribution < 1.29 is 42.7 Å². The zero-order valence-electron chi connectivity index (χ0n) is 17.1. The predicted octanol–water partition coefficient (Wildman–Crippen LogP) is 1.96. The topological polar surface area (TPSA) is 102 Å². The van der Waals surface area contributed by atoms with Gasteiger partial charge >= 0.3 is 5.97 Å². The van der Waals surface area contributed by atoms with Gasteiger partial charge in [-0.2, -0.15) is 0 Å². The lowest BCUT2D eigenvalue weighted by Crippen LogP contribution is -2.35. The fourth-order valence-corrected chi connectivity index (χ4v) is 4.04. The maximum absolute atomic E-state index is 13.5. The summed E-state index contributed by atoms with van der Waals surface area (Å²) < 4.78 is 38.5. The van der Waals surface area contributed by atoms with E-state index in [0.717, 1.165) is 0 Å². The van der Waals surface area contributed by atoms with Gasteiger partial charge in [0, 0.05) is 17.7 Å². The van der Waals surface area contributed by atoms with Gasteiger partial charge in [-0.05, 0) is 17.7 Å². The number of hydrogen-bond donors (Lipinski definition) is 0. The Morgan fingerprint density at radius 1 is 0.903 bits per heavy atom. The summed E-state index contributed by atoms with van der Waals surface area (Å²) in [7, 11) is 4.27. The second kappa shape index (κ2) is 7.15. The Kier molecular flexibility index (Phi) is 4.42. The molecule has 0 bridgehead atoms. The normalized spacial score (nSPS) is 15.2. The molecule has 0 N–H and O–H groups in total. The van der Waals surface area contributed by atoms with Crippen LogP contribution in [0.3, 0.4) is 0 Å². The number of benzene rings is 2. The lowest BCUT2D eigenvalue weighted by atomic mass is 9.93. The standard InChI is InChI=1S/C21H19NO9/c1-25-12-4-10-6-22(7-14(23)27-3)21(24)11-5-13(26-2)18-20(31-9-29-18)16(11)15(10)19-17(12)28-8-30-19/h4-5H,6-9H2,1-3H3. The van der Waals surface area contributed by atoms with Crippen LogP contribution in [0.2, 0.25) is 0 Å². The van der Waals surface area contributed by atoms with E-state index in [2.05, 4.69) is 0 Å². The Hall–Kier alpha value is -3.82. The van der Waals surface area contributed by atoms with E-state index in [9.17, 15) is 9.59 Å². The van der Waals surface area contributed by atoms with Crippen LogP contribution in [-0.4, -0.2) is 58.2 Å². The Morgan fingerprint density at radius 3 is 2.10 bits per heavy atom. The maximum atomic E-state index is 13.5. The molecule has 2 aromatic rings. The summed E-state index contributed by atoms with van der Waals surface area (Å²) in [6, 6.07) is 3.35. The van der Waals surface area contributed by atoms with Crippen molar-refractivity contribution in [3.8, 4) is 45.6 Å². The molecular formula is C21H19NO9. The minimum atomic E-state index is -0.543. The molecule has 0 atom stereocenters. The van der Waals surface area contributed by atoms with Crippen molar-refractivity contribution in [3.05, 3.63) is 23.3 Å². The summed E-state index contributed by atoms with van der Waals surface area (Å²) in [6.07, 6.45) is 0. The molecule has 0 spiro atoms. The molecule has 3 aliphatic rings. The van der Waals surface area contributed by atoms with Gasteiger partial charge in [-0.1, -0.05) is 0 Å². The lowest BCUT2D eigenvalue weighted by Gasteiger charge is -2.20. The molecule has 0 saturated carbocycles. The van der Waals surface area contributed by atoms with E-state index in [1.807, 2.05) is 0 Å². The summed E-state index contributed by atoms with van der Waals surface area (Å²) in [5.41, 5.74) is 2.09. The number of rotatable bonds is 4. The Labute approximate surface area is 177 Å². The lowest BCUT2D eigenvalue weighted by molar-refractivity contribution is -0.141. The van der Waals surface area contributed by atoms with Crippen LogP contribution in [0.5, 0.6) is 34.5 Å². The van der Waals surface area contributed by atoms with E-state index in [4.69, 9.17) is 33.2 Å². The molecule has 0 radical (unpaired) electrons. The number of carbonyl (C=O) groups is 2. The average Bonchev–Trinajstić information content (AvgIpc) is 3.44. The summed E-state index contributed by atoms with van der Waals surface area (Å²) in [5.74, 6) is 1.51. The number of esters is 1. The van der Waals surface area contributed by atoms with E-state index >= 15 is 0 Å². The first-order chi connectivity index (χ1) is 15.1. The van der Waals surface area contributed by atoms with Crippen LogP contribution < -0.4 is 28.4 Å². The van der Waals surface area contributed by atoms with Crippen molar-refractivity contribution in [2.45, 2.75) is 6.54 Å². The van der Waals surface area contributed by atoms with Crippen molar-refractivity contribution in [1.82, 2.24) is 4.90 Å². The highest BCUT2D eigenvalue weighted by atomic mass is 16.7. The molecule has 31 heavy (non-hydrogen) atoms. The van der Waals surface area contributed by atoms with Crippen LogP contribution in [0.15, 0.2) is 12.1 Å². The number of methoxy groups -OCH3 is 3. The first-order valence-electron chi connectivity index (χ1n) is 9.43. The number of carbonyl (C=O) groups excluding carboxylic acids is 2. The quantitative estimate of drug-likeness (QED) is 0.675. The van der Waals surface area contributed by atoms with Crippen LogP contribution in [0.4, 0.5) is 0 Å². The zero-order chi connectivity index (χ0) is 21.7. The van der Waals surface area contributed by atoms with Gasteiger partial charge in [0.2, 0.25) is 25.1 Å². The fraction of sp³-hybridized carbons (Fsp3) is 0.333. The van der Waals surface area contributed by atoms with Gasteiger partial charge in [-0.15, -0.1) is 0 Å². The SMILES string of the molecule is COC(=O)CN1Cc2cc(OC)c3c(c2-c2c(cc(OC)c4c2OCO4)C1=O)OCO3. The average molecular weight is 429 g/mol. The molecule has 0 fully saturated rings. The van der Waals surface area contributed by atoms with Gasteiger partial charge in [-0.3, -0.25) is 9.59 Å². The molecule has 3 aliphatic heterocycles. The van der Waals surface area contributed by atoms with Gasteiger partial charge < -0.3 is 38.1 Å². The minimum Gasteiger partial charge on any atom is -0.493 e. The van der Waals surface area contributed by atoms with Crippen LogP contribution in [0, 0.1) is 0 Å². The van der Waals surface area contributed by atoms with Gasteiger partial charge in [0.15, 0.2) is 23.0 Å². The van der Waals surface area contributed by atoms with Crippen LogP contribution in [-0.2, 0) is 16.1 Å². The predicted molar refractivity (Wildman–Crippen MR) is 104 cm³/mol. The first-order valence-corrected chi connectivity index (χ1v) is 9.43. The number of amides is 1. The smallest absolute Gasteiger partial charge is 0.325 e. The third-order valence-electron chi connectivity index (χ3n) is 5.41. The monoisotopic (exact) mass is 429 g/mol. The summed E-state index contributed by atoms with van der Waals surface area (Å²) >= 11 is 0. The van der Waals surface area contributed by atoms with E-state index in [0.29, 0.717) is 51.2 Å². The number of nitrogens with zero attached hydrogens (tertiary/aromatic N) is 1. The van der Waals surface area contributed by atoms with E-state index in [-0.39, 0.29) is 38.1 Å². The Morgan fingerprint density at radius 2 is 1.48 bits per heavy atom. The Bertz CT molecular complexity index is 1110. The first kappa shape index (κ1) is 19.2. The molecule has 10 heteroatoms. The molecule has 0 aromatic heterocycles. The molecule has 3 heterocycles. The summed E-state index contributed by atoms with van der Waals surface area (Å²) in [5, 5.41) is 0. The number of fused-ring (bicyclic) bond motifs is 7. The van der Waals surface area contributed by atoms with Crippen molar-refractivity contribution in [1.29, 1.82) is 0 Å². The minimum absolute atomic E-state index is 0.00695. The van der Waals surface area contributed by atoms with Gasteiger partial charge in [0.05, 0.1) is 26.9 Å².